The Hall–Kier alpha value is -1.06. The number of rotatable bonds is 8. The van der Waals surface area contributed by atoms with Crippen LogP contribution >= 0.6 is 0 Å². The lowest BCUT2D eigenvalue weighted by Gasteiger charge is -2.21. The molecule has 1 aromatic rings. The first-order valence-corrected chi connectivity index (χ1v) is 6.83. The van der Waals surface area contributed by atoms with Gasteiger partial charge in [-0.05, 0) is 25.3 Å². The summed E-state index contributed by atoms with van der Waals surface area (Å²) >= 11 is 0. The molecule has 0 aromatic heterocycles. The zero-order chi connectivity index (χ0) is 12.8. The molecule has 1 atom stereocenters. The highest BCUT2D eigenvalue weighted by molar-refractivity contribution is 5.35. The number of para-hydroxylation sites is 1. The van der Waals surface area contributed by atoms with Gasteiger partial charge in [0, 0.05) is 24.8 Å². The first-order valence-electron chi connectivity index (χ1n) is 6.83. The zero-order valence-corrected chi connectivity index (χ0v) is 11.3. The predicted molar refractivity (Wildman–Crippen MR) is 73.0 cm³/mol. The van der Waals surface area contributed by atoms with Crippen LogP contribution in [0.1, 0.15) is 37.9 Å². The van der Waals surface area contributed by atoms with Crippen LogP contribution in [0.3, 0.4) is 0 Å². The standard InChI is InChI=1S/C15H23NO2/c1-3-10-18-15(11-16-12-8-9-12)13-6-4-5-7-14(13)17-2/h4-7,12,15-16H,3,8-11H2,1-2H3. The van der Waals surface area contributed by atoms with Gasteiger partial charge < -0.3 is 14.8 Å². The molecule has 0 heterocycles. The van der Waals surface area contributed by atoms with Crippen molar-refractivity contribution in [2.45, 2.75) is 38.3 Å². The number of ether oxygens (including phenoxy) is 2. The zero-order valence-electron chi connectivity index (χ0n) is 11.3. The highest BCUT2D eigenvalue weighted by atomic mass is 16.5. The Kier molecular flexibility index (Phi) is 5.02. The lowest BCUT2D eigenvalue weighted by atomic mass is 10.1. The van der Waals surface area contributed by atoms with Crippen molar-refractivity contribution in [3.63, 3.8) is 0 Å². The van der Waals surface area contributed by atoms with Gasteiger partial charge in [-0.15, -0.1) is 0 Å². The van der Waals surface area contributed by atoms with E-state index >= 15 is 0 Å². The molecule has 1 aliphatic carbocycles. The van der Waals surface area contributed by atoms with E-state index in [2.05, 4.69) is 18.3 Å². The second kappa shape index (κ2) is 6.76. The van der Waals surface area contributed by atoms with E-state index in [-0.39, 0.29) is 6.10 Å². The Bertz CT molecular complexity index is 363. The molecule has 2 rings (SSSR count). The Balaban J connectivity index is 2.04. The molecule has 1 aliphatic rings. The van der Waals surface area contributed by atoms with Crippen LogP contribution < -0.4 is 10.1 Å². The van der Waals surface area contributed by atoms with Crippen molar-refractivity contribution < 1.29 is 9.47 Å². The van der Waals surface area contributed by atoms with Gasteiger partial charge in [-0.25, -0.2) is 0 Å². The minimum absolute atomic E-state index is 0.0849. The van der Waals surface area contributed by atoms with Crippen LogP contribution in [-0.4, -0.2) is 26.3 Å². The number of hydrogen-bond donors (Lipinski definition) is 1. The highest BCUT2D eigenvalue weighted by Crippen LogP contribution is 2.28. The van der Waals surface area contributed by atoms with Crippen LogP contribution in [0.2, 0.25) is 0 Å². The third-order valence-corrected chi connectivity index (χ3v) is 3.18. The van der Waals surface area contributed by atoms with Gasteiger partial charge in [0.2, 0.25) is 0 Å². The molecule has 100 valence electrons. The molecule has 3 heteroatoms. The van der Waals surface area contributed by atoms with Crippen molar-refractivity contribution in [1.29, 1.82) is 0 Å². The number of hydrogen-bond acceptors (Lipinski definition) is 3. The summed E-state index contributed by atoms with van der Waals surface area (Å²) in [5.41, 5.74) is 1.14. The first kappa shape index (κ1) is 13.4. The van der Waals surface area contributed by atoms with Crippen LogP contribution in [0.4, 0.5) is 0 Å². The molecule has 1 aromatic carbocycles. The quantitative estimate of drug-likeness (QED) is 0.768. The summed E-state index contributed by atoms with van der Waals surface area (Å²) in [6.07, 6.45) is 3.72. The molecular formula is C15H23NO2. The summed E-state index contributed by atoms with van der Waals surface area (Å²) in [7, 11) is 1.71. The maximum Gasteiger partial charge on any atom is 0.124 e. The fraction of sp³-hybridized carbons (Fsp3) is 0.600. The van der Waals surface area contributed by atoms with E-state index in [1.54, 1.807) is 7.11 Å². The van der Waals surface area contributed by atoms with Crippen molar-refractivity contribution in [1.82, 2.24) is 5.32 Å². The van der Waals surface area contributed by atoms with Gasteiger partial charge >= 0.3 is 0 Å². The minimum Gasteiger partial charge on any atom is -0.496 e. The third kappa shape index (κ3) is 3.72. The van der Waals surface area contributed by atoms with E-state index in [0.717, 1.165) is 30.9 Å². The monoisotopic (exact) mass is 249 g/mol. The minimum atomic E-state index is 0.0849. The van der Waals surface area contributed by atoms with Gasteiger partial charge in [0.1, 0.15) is 5.75 Å². The SMILES string of the molecule is CCCOC(CNC1CC1)c1ccccc1OC. The normalized spacial score (nSPS) is 16.6. The molecule has 0 spiro atoms. The Morgan fingerprint density at radius 3 is 2.78 bits per heavy atom. The van der Waals surface area contributed by atoms with Gasteiger partial charge in [-0.3, -0.25) is 0 Å². The first-order chi connectivity index (χ1) is 8.85. The van der Waals surface area contributed by atoms with E-state index in [0.29, 0.717) is 6.04 Å². The van der Waals surface area contributed by atoms with Crippen LogP contribution in [0.5, 0.6) is 5.75 Å². The largest absolute Gasteiger partial charge is 0.496 e. The molecule has 0 radical (unpaired) electrons. The maximum absolute atomic E-state index is 5.96. The van der Waals surface area contributed by atoms with Crippen molar-refractivity contribution in [3.05, 3.63) is 29.8 Å². The summed E-state index contributed by atoms with van der Waals surface area (Å²) < 4.78 is 11.4. The molecule has 3 nitrogen and oxygen atoms in total. The molecule has 0 aliphatic heterocycles. The molecule has 1 fully saturated rings. The Morgan fingerprint density at radius 2 is 2.11 bits per heavy atom. The maximum atomic E-state index is 5.96. The second-order valence-corrected chi connectivity index (χ2v) is 4.78. The van der Waals surface area contributed by atoms with Gasteiger partial charge in [0.15, 0.2) is 0 Å². The number of benzene rings is 1. The van der Waals surface area contributed by atoms with E-state index in [1.165, 1.54) is 12.8 Å². The van der Waals surface area contributed by atoms with Gasteiger partial charge in [-0.2, -0.15) is 0 Å². The van der Waals surface area contributed by atoms with E-state index in [9.17, 15) is 0 Å². The predicted octanol–water partition coefficient (Wildman–Crippen LogP) is 2.91. The molecule has 0 bridgehead atoms. The average Bonchev–Trinajstić information content (AvgIpc) is 3.23. The van der Waals surface area contributed by atoms with Crippen molar-refractivity contribution >= 4 is 0 Å². The summed E-state index contributed by atoms with van der Waals surface area (Å²) in [6, 6.07) is 8.82. The lowest BCUT2D eigenvalue weighted by molar-refractivity contribution is 0.0511. The summed E-state index contributed by atoms with van der Waals surface area (Å²) in [5, 5.41) is 3.53. The van der Waals surface area contributed by atoms with Gasteiger partial charge in [0.05, 0.1) is 13.2 Å². The van der Waals surface area contributed by atoms with E-state index < -0.39 is 0 Å². The van der Waals surface area contributed by atoms with E-state index in [4.69, 9.17) is 9.47 Å². The fourth-order valence-electron chi connectivity index (χ4n) is 2.01. The topological polar surface area (TPSA) is 30.5 Å². The average molecular weight is 249 g/mol. The molecule has 18 heavy (non-hydrogen) atoms. The highest BCUT2D eigenvalue weighted by Gasteiger charge is 2.23. The van der Waals surface area contributed by atoms with E-state index in [1.807, 2.05) is 18.2 Å². The lowest BCUT2D eigenvalue weighted by Crippen LogP contribution is -2.25. The van der Waals surface area contributed by atoms with Gasteiger partial charge in [0.25, 0.3) is 0 Å². The molecule has 0 saturated heterocycles. The molecular weight excluding hydrogens is 226 g/mol. The Labute approximate surface area is 109 Å². The van der Waals surface area contributed by atoms with Crippen LogP contribution in [0.15, 0.2) is 24.3 Å². The molecule has 1 N–H and O–H groups in total. The van der Waals surface area contributed by atoms with Crippen LogP contribution in [0, 0.1) is 0 Å². The van der Waals surface area contributed by atoms with Crippen molar-refractivity contribution in [2.24, 2.45) is 0 Å². The molecule has 1 saturated carbocycles. The van der Waals surface area contributed by atoms with Crippen molar-refractivity contribution in [2.75, 3.05) is 20.3 Å². The second-order valence-electron chi connectivity index (χ2n) is 4.78. The van der Waals surface area contributed by atoms with Crippen LogP contribution in [-0.2, 0) is 4.74 Å². The smallest absolute Gasteiger partial charge is 0.124 e. The molecule has 1 unspecified atom stereocenters. The van der Waals surface area contributed by atoms with Crippen molar-refractivity contribution in [3.8, 4) is 5.75 Å². The number of methoxy groups -OCH3 is 1. The summed E-state index contributed by atoms with van der Waals surface area (Å²) in [4.78, 5) is 0. The third-order valence-electron chi connectivity index (χ3n) is 3.18. The fourth-order valence-corrected chi connectivity index (χ4v) is 2.01. The van der Waals surface area contributed by atoms with Gasteiger partial charge in [-0.1, -0.05) is 25.1 Å². The summed E-state index contributed by atoms with van der Waals surface area (Å²) in [6.45, 7) is 3.79. The van der Waals surface area contributed by atoms with Crippen LogP contribution in [0.25, 0.3) is 0 Å². The Morgan fingerprint density at radius 1 is 1.33 bits per heavy atom. The molecule has 0 amide bonds. The summed E-state index contributed by atoms with van der Waals surface area (Å²) in [5.74, 6) is 0.913. The number of nitrogens with one attached hydrogen (secondary N) is 1.